The lowest BCUT2D eigenvalue weighted by molar-refractivity contribution is 0.886. The lowest BCUT2D eigenvalue weighted by Crippen LogP contribution is -2.11. The lowest BCUT2D eigenvalue weighted by atomic mass is 10.3. The van der Waals surface area contributed by atoms with E-state index in [1.807, 2.05) is 13.8 Å². The Labute approximate surface area is 113 Å². The zero-order chi connectivity index (χ0) is 13.5. The Morgan fingerprint density at radius 3 is 1.95 bits per heavy atom. The number of nitrogens with zero attached hydrogens (tertiary/aromatic N) is 4. The fraction of sp³-hybridized carbons (Fsp3) is 0.667. The molecule has 7 heteroatoms. The maximum Gasteiger partial charge on any atom is 0.250 e. The first-order valence-electron chi connectivity index (χ1n) is 6.87. The smallest absolute Gasteiger partial charge is 0.250 e. The first kappa shape index (κ1) is 13.5. The van der Waals surface area contributed by atoms with E-state index in [0.717, 1.165) is 25.9 Å². The van der Waals surface area contributed by atoms with Gasteiger partial charge < -0.3 is 10.6 Å². The summed E-state index contributed by atoms with van der Waals surface area (Å²) in [5.41, 5.74) is 4.12. The van der Waals surface area contributed by atoms with Crippen molar-refractivity contribution in [2.45, 2.75) is 39.5 Å². The van der Waals surface area contributed by atoms with Crippen molar-refractivity contribution in [3.05, 3.63) is 0 Å². The van der Waals surface area contributed by atoms with Crippen molar-refractivity contribution < 1.29 is 0 Å². The van der Waals surface area contributed by atoms with Crippen LogP contribution in [0.25, 0.3) is 0 Å². The Hall–Kier alpha value is -1.92. The third-order valence-corrected chi connectivity index (χ3v) is 2.80. The molecule has 1 aliphatic rings. The van der Waals surface area contributed by atoms with Crippen molar-refractivity contribution in [3.63, 3.8) is 0 Å². The highest BCUT2D eigenvalue weighted by molar-refractivity contribution is 5.86. The Kier molecular flexibility index (Phi) is 4.88. The average Bonchev–Trinajstić information content (AvgIpc) is 2.90. The molecule has 1 aromatic rings. The minimum atomic E-state index is 0.473. The number of hydrogen-bond acceptors (Lipinski definition) is 7. The van der Waals surface area contributed by atoms with Gasteiger partial charge in [0.25, 0.3) is 0 Å². The van der Waals surface area contributed by atoms with Gasteiger partial charge in [-0.15, -0.1) is 0 Å². The summed E-state index contributed by atoms with van der Waals surface area (Å²) < 4.78 is 0. The summed E-state index contributed by atoms with van der Waals surface area (Å²) in [5, 5.41) is 10.5. The number of aromatic nitrogens is 3. The van der Waals surface area contributed by atoms with Crippen molar-refractivity contribution in [1.82, 2.24) is 15.0 Å². The van der Waals surface area contributed by atoms with Crippen LogP contribution < -0.4 is 16.1 Å². The van der Waals surface area contributed by atoms with Crippen molar-refractivity contribution >= 4 is 23.6 Å². The molecule has 0 spiro atoms. The summed E-state index contributed by atoms with van der Waals surface area (Å²) in [6.07, 6.45) is 4.59. The van der Waals surface area contributed by atoms with E-state index >= 15 is 0 Å². The highest BCUT2D eigenvalue weighted by Crippen LogP contribution is 2.15. The molecule has 0 aliphatic heterocycles. The predicted octanol–water partition coefficient (Wildman–Crippen LogP) is 2.08. The summed E-state index contributed by atoms with van der Waals surface area (Å²) in [6.45, 7) is 5.54. The molecular formula is C12H21N7. The van der Waals surface area contributed by atoms with E-state index < -0.39 is 0 Å². The van der Waals surface area contributed by atoms with Gasteiger partial charge in [-0.25, -0.2) is 5.43 Å². The van der Waals surface area contributed by atoms with E-state index in [1.165, 1.54) is 18.6 Å². The quantitative estimate of drug-likeness (QED) is 0.681. The first-order chi connectivity index (χ1) is 9.31. The highest BCUT2D eigenvalue weighted by Gasteiger charge is 2.09. The van der Waals surface area contributed by atoms with Crippen molar-refractivity contribution in [2.24, 2.45) is 5.10 Å². The molecule has 104 valence electrons. The van der Waals surface area contributed by atoms with E-state index in [4.69, 9.17) is 0 Å². The van der Waals surface area contributed by atoms with E-state index in [-0.39, 0.29) is 0 Å². The Morgan fingerprint density at radius 2 is 1.42 bits per heavy atom. The maximum absolute atomic E-state index is 4.35. The number of hydrogen-bond donors (Lipinski definition) is 3. The van der Waals surface area contributed by atoms with Crippen LogP contribution in [0.2, 0.25) is 0 Å². The van der Waals surface area contributed by atoms with Gasteiger partial charge in [-0.05, 0) is 39.5 Å². The van der Waals surface area contributed by atoms with Crippen LogP contribution in [0.3, 0.4) is 0 Å². The third kappa shape index (κ3) is 4.04. The molecule has 0 bridgehead atoms. The van der Waals surface area contributed by atoms with Crippen LogP contribution in [0.1, 0.15) is 39.5 Å². The predicted molar refractivity (Wildman–Crippen MR) is 77.7 cm³/mol. The van der Waals surface area contributed by atoms with Gasteiger partial charge in [0.1, 0.15) is 0 Å². The number of hydrazone groups is 1. The van der Waals surface area contributed by atoms with Crippen LogP contribution in [0.5, 0.6) is 0 Å². The van der Waals surface area contributed by atoms with E-state index in [2.05, 4.69) is 36.1 Å². The topological polar surface area (TPSA) is 87.1 Å². The van der Waals surface area contributed by atoms with Gasteiger partial charge in [-0.2, -0.15) is 20.1 Å². The SMILES string of the molecule is CCNc1nc(NCC)nc(NN=C2CCCC2)n1. The molecule has 1 aliphatic carbocycles. The number of rotatable bonds is 6. The maximum atomic E-state index is 4.35. The summed E-state index contributed by atoms with van der Waals surface area (Å²) in [7, 11) is 0. The molecule has 0 aromatic carbocycles. The number of nitrogens with one attached hydrogen (secondary N) is 3. The summed E-state index contributed by atoms with van der Waals surface area (Å²) in [4.78, 5) is 12.8. The van der Waals surface area contributed by atoms with E-state index in [0.29, 0.717) is 17.8 Å². The number of anilines is 3. The molecular weight excluding hydrogens is 242 g/mol. The van der Waals surface area contributed by atoms with Gasteiger partial charge in [0.2, 0.25) is 17.8 Å². The standard InChI is InChI=1S/C12H21N7/c1-3-13-10-15-11(14-4-2)17-12(16-10)19-18-9-7-5-6-8-9/h3-8H2,1-2H3,(H3,13,14,15,16,17,19). The second-order valence-electron chi connectivity index (χ2n) is 4.36. The summed E-state index contributed by atoms with van der Waals surface area (Å²) in [5.74, 6) is 1.59. The highest BCUT2D eigenvalue weighted by atomic mass is 15.4. The minimum Gasteiger partial charge on any atom is -0.354 e. The van der Waals surface area contributed by atoms with E-state index in [9.17, 15) is 0 Å². The molecule has 19 heavy (non-hydrogen) atoms. The van der Waals surface area contributed by atoms with Gasteiger partial charge in [0.05, 0.1) is 0 Å². The molecule has 0 atom stereocenters. The minimum absolute atomic E-state index is 0.473. The Morgan fingerprint density at radius 1 is 0.895 bits per heavy atom. The first-order valence-corrected chi connectivity index (χ1v) is 6.87. The normalized spacial score (nSPS) is 14.3. The molecule has 1 fully saturated rings. The zero-order valence-electron chi connectivity index (χ0n) is 11.5. The fourth-order valence-electron chi connectivity index (χ4n) is 1.92. The molecule has 1 aromatic heterocycles. The molecule has 3 N–H and O–H groups in total. The largest absolute Gasteiger partial charge is 0.354 e. The van der Waals surface area contributed by atoms with Crippen molar-refractivity contribution in [2.75, 3.05) is 29.1 Å². The Bertz CT molecular complexity index is 411. The molecule has 0 saturated heterocycles. The van der Waals surface area contributed by atoms with Crippen LogP contribution in [0, 0.1) is 0 Å². The van der Waals surface area contributed by atoms with Gasteiger partial charge in [-0.3, -0.25) is 0 Å². The molecule has 7 nitrogen and oxygen atoms in total. The molecule has 0 unspecified atom stereocenters. The fourth-order valence-corrected chi connectivity index (χ4v) is 1.92. The monoisotopic (exact) mass is 263 g/mol. The van der Waals surface area contributed by atoms with Crippen LogP contribution in [-0.4, -0.2) is 33.8 Å². The molecule has 1 saturated carbocycles. The van der Waals surface area contributed by atoms with Gasteiger partial charge >= 0.3 is 0 Å². The van der Waals surface area contributed by atoms with Crippen molar-refractivity contribution in [1.29, 1.82) is 0 Å². The average molecular weight is 263 g/mol. The summed E-state index contributed by atoms with van der Waals surface area (Å²) in [6, 6.07) is 0. The Balaban J connectivity index is 2.10. The zero-order valence-corrected chi connectivity index (χ0v) is 11.5. The van der Waals surface area contributed by atoms with Gasteiger partial charge in [0.15, 0.2) is 0 Å². The molecule has 0 amide bonds. The second-order valence-corrected chi connectivity index (χ2v) is 4.36. The van der Waals surface area contributed by atoms with Crippen LogP contribution >= 0.6 is 0 Å². The van der Waals surface area contributed by atoms with Crippen LogP contribution in [0.4, 0.5) is 17.8 Å². The summed E-state index contributed by atoms with van der Waals surface area (Å²) >= 11 is 0. The molecule has 0 radical (unpaired) electrons. The molecule has 2 rings (SSSR count). The van der Waals surface area contributed by atoms with Crippen molar-refractivity contribution in [3.8, 4) is 0 Å². The van der Waals surface area contributed by atoms with Crippen LogP contribution in [0.15, 0.2) is 5.10 Å². The van der Waals surface area contributed by atoms with Gasteiger partial charge in [-0.1, -0.05) is 0 Å². The van der Waals surface area contributed by atoms with E-state index in [1.54, 1.807) is 0 Å². The van der Waals surface area contributed by atoms with Gasteiger partial charge in [0, 0.05) is 18.8 Å². The second kappa shape index (κ2) is 6.86. The lowest BCUT2D eigenvalue weighted by Gasteiger charge is -2.08. The molecule has 1 heterocycles. The van der Waals surface area contributed by atoms with Crippen LogP contribution in [-0.2, 0) is 0 Å². The third-order valence-electron chi connectivity index (χ3n) is 2.80.